The third-order valence-electron chi connectivity index (χ3n) is 8.11. The number of nitrogens with one attached hydrogen (secondary N) is 2. The first-order valence-electron chi connectivity index (χ1n) is 14.6. The highest BCUT2D eigenvalue weighted by atomic mass is 35.5. The molecule has 2 saturated heterocycles. The SMILES string of the molecule is CO/N=C(\C(=O)N[C@H]1C(=O)N(S(=O)(=O)O)C1SC(=S)NC1CCN(c2c(F)cc3c(=O)c(C(=O)O)cn(C4CC4)c3c2Cl)C1)c1csc(N)n1. The molecule has 266 valence electrons. The first-order chi connectivity index (χ1) is 23.6. The first-order valence-corrected chi connectivity index (χ1v) is 18.5. The number of fused-ring (bicyclic) bond motifs is 1. The Balaban J connectivity index is 1.18. The molecular formula is C27H26ClFN8O9S4. The van der Waals surface area contributed by atoms with E-state index in [1.54, 1.807) is 9.47 Å². The fourth-order valence-corrected chi connectivity index (χ4v) is 9.31. The number of pyridine rings is 1. The van der Waals surface area contributed by atoms with Crippen molar-refractivity contribution >= 4 is 107 Å². The maximum absolute atomic E-state index is 15.6. The summed E-state index contributed by atoms with van der Waals surface area (Å²) in [6.07, 6.45) is 3.11. The number of oxime groups is 1. The molecule has 2 amide bonds. The standard InChI is InChI=1S/C27H26ClFN8O9S4/c1-46-34-17(15-9-48-26(30)32-15)22(39)33-18-23(40)37(50(43,44)45)24(18)49-27(47)31-10-4-5-35(7-10)20-14(29)6-12-19(16(20)28)36(11-2-3-11)8-13(21(12)38)25(41)42/h6,8-11,18,24H,2-5,7H2,1H3,(H2,30,32)(H,31,47)(H,33,39)(H,41,42)(H,43,44,45)/b34-17-/t10?,18-,24?/m0/s1. The van der Waals surface area contributed by atoms with Gasteiger partial charge in [-0.15, -0.1) is 11.3 Å². The van der Waals surface area contributed by atoms with Gasteiger partial charge in [-0.2, -0.15) is 12.7 Å². The number of carbonyl (C=O) groups excluding carboxylic acids is 2. The van der Waals surface area contributed by atoms with Crippen molar-refractivity contribution in [3.8, 4) is 0 Å². The lowest BCUT2D eigenvalue weighted by molar-refractivity contribution is -0.140. The maximum atomic E-state index is 15.6. The van der Waals surface area contributed by atoms with E-state index in [2.05, 4.69) is 20.8 Å². The number of hydrogen-bond donors (Lipinski definition) is 5. The van der Waals surface area contributed by atoms with Crippen LogP contribution >= 0.6 is 46.9 Å². The van der Waals surface area contributed by atoms with Gasteiger partial charge in [0.1, 0.15) is 39.9 Å². The van der Waals surface area contributed by atoms with E-state index < -0.39 is 62.4 Å². The van der Waals surface area contributed by atoms with Gasteiger partial charge in [-0.1, -0.05) is 40.7 Å². The summed E-state index contributed by atoms with van der Waals surface area (Å²) >= 11 is 13.9. The number of carbonyl (C=O) groups is 3. The van der Waals surface area contributed by atoms with Crippen LogP contribution in [0.5, 0.6) is 0 Å². The molecule has 50 heavy (non-hydrogen) atoms. The van der Waals surface area contributed by atoms with E-state index in [1.807, 2.05) is 0 Å². The average Bonchev–Trinajstić information content (AvgIpc) is 3.64. The van der Waals surface area contributed by atoms with Crippen LogP contribution in [0.25, 0.3) is 10.9 Å². The molecule has 17 nitrogen and oxygen atoms in total. The molecule has 2 aromatic heterocycles. The van der Waals surface area contributed by atoms with E-state index in [1.165, 1.54) is 18.7 Å². The van der Waals surface area contributed by atoms with Crippen LogP contribution in [0.2, 0.25) is 5.02 Å². The normalized spacial score (nSPS) is 20.9. The number of nitrogens with zero attached hydrogens (tertiary/aromatic N) is 5. The summed E-state index contributed by atoms with van der Waals surface area (Å²) in [6.45, 7) is 0.442. The third kappa shape index (κ3) is 6.69. The lowest BCUT2D eigenvalue weighted by Gasteiger charge is -2.43. The average molecular weight is 789 g/mol. The van der Waals surface area contributed by atoms with Gasteiger partial charge in [-0.25, -0.2) is 14.2 Å². The molecule has 3 atom stereocenters. The van der Waals surface area contributed by atoms with E-state index in [9.17, 15) is 37.3 Å². The fraction of sp³-hybridized carbons (Fsp3) is 0.370. The van der Waals surface area contributed by atoms with Gasteiger partial charge in [0.05, 0.1) is 21.6 Å². The van der Waals surface area contributed by atoms with Crippen LogP contribution in [-0.2, 0) is 24.7 Å². The summed E-state index contributed by atoms with van der Waals surface area (Å²) in [5.41, 5.74) is 4.25. The molecule has 4 heterocycles. The minimum absolute atomic E-state index is 0.00541. The first kappa shape index (κ1) is 35.7. The Hall–Kier alpha value is -4.09. The minimum Gasteiger partial charge on any atom is -0.477 e. The van der Waals surface area contributed by atoms with Gasteiger partial charge in [-0.3, -0.25) is 18.9 Å². The second kappa shape index (κ2) is 13.6. The number of halogens is 2. The molecule has 6 N–H and O–H groups in total. The van der Waals surface area contributed by atoms with E-state index >= 15 is 4.39 Å². The van der Waals surface area contributed by atoms with Crippen molar-refractivity contribution in [2.45, 2.75) is 42.8 Å². The van der Waals surface area contributed by atoms with Crippen molar-refractivity contribution in [3.63, 3.8) is 0 Å². The topological polar surface area (TPSA) is 239 Å². The number of hydrogen-bond acceptors (Lipinski definition) is 14. The van der Waals surface area contributed by atoms with Gasteiger partial charge in [0.2, 0.25) is 5.43 Å². The van der Waals surface area contributed by atoms with Crippen molar-refractivity contribution < 1.29 is 41.7 Å². The number of benzene rings is 1. The van der Waals surface area contributed by atoms with Crippen LogP contribution in [0.1, 0.15) is 41.4 Å². The van der Waals surface area contributed by atoms with Crippen molar-refractivity contribution in [1.82, 2.24) is 24.5 Å². The molecule has 0 spiro atoms. The Morgan fingerprint density at radius 2 is 2.00 bits per heavy atom. The summed E-state index contributed by atoms with van der Waals surface area (Å²) in [4.78, 5) is 60.8. The highest BCUT2D eigenvalue weighted by Crippen LogP contribution is 2.43. The Labute approximate surface area is 300 Å². The van der Waals surface area contributed by atoms with Crippen molar-refractivity contribution in [2.24, 2.45) is 5.16 Å². The summed E-state index contributed by atoms with van der Waals surface area (Å²) < 4.78 is 51.2. The zero-order valence-electron chi connectivity index (χ0n) is 25.5. The number of carboxylic acid groups (broad SMARTS) is 1. The van der Waals surface area contributed by atoms with Gasteiger partial charge >= 0.3 is 16.3 Å². The molecule has 3 aromatic rings. The number of nitrogen functional groups attached to an aromatic ring is 1. The lowest BCUT2D eigenvalue weighted by Crippen LogP contribution is -2.71. The molecule has 1 aromatic carbocycles. The molecule has 0 radical (unpaired) electrons. The number of thioether (sulfide) groups is 1. The quantitative estimate of drug-likeness (QED) is 0.0644. The monoisotopic (exact) mass is 788 g/mol. The number of rotatable bonds is 10. The second-order valence-corrected chi connectivity index (χ2v) is 15.7. The molecule has 3 aliphatic rings. The number of aromatic carboxylic acids is 1. The van der Waals surface area contributed by atoms with Gasteiger partial charge < -0.3 is 35.8 Å². The zero-order valence-corrected chi connectivity index (χ0v) is 29.6. The fourth-order valence-electron chi connectivity index (χ4n) is 5.74. The predicted molar refractivity (Wildman–Crippen MR) is 187 cm³/mol. The highest BCUT2D eigenvalue weighted by molar-refractivity contribution is 8.23. The number of nitrogens with two attached hydrogens (primary N) is 1. The largest absolute Gasteiger partial charge is 0.477 e. The summed E-state index contributed by atoms with van der Waals surface area (Å²) in [5, 5.41) is 18.5. The Morgan fingerprint density at radius 1 is 1.28 bits per heavy atom. The van der Waals surface area contributed by atoms with Crippen LogP contribution in [0.4, 0.5) is 15.2 Å². The molecule has 1 saturated carbocycles. The molecule has 2 unspecified atom stereocenters. The molecule has 6 rings (SSSR count). The van der Waals surface area contributed by atoms with Crippen molar-refractivity contribution in [1.29, 1.82) is 0 Å². The Kier molecular flexibility index (Phi) is 9.69. The van der Waals surface area contributed by atoms with Crippen molar-refractivity contribution in [2.75, 3.05) is 30.8 Å². The van der Waals surface area contributed by atoms with E-state index in [0.29, 0.717) is 18.2 Å². The lowest BCUT2D eigenvalue weighted by atomic mass is 10.1. The van der Waals surface area contributed by atoms with E-state index in [4.69, 9.17) is 34.4 Å². The number of β-lactam (4-membered cyclic amide) rings is 1. The molecule has 0 bridgehead atoms. The molecule has 3 fully saturated rings. The van der Waals surface area contributed by atoms with Crippen molar-refractivity contribution in [3.05, 3.63) is 50.0 Å². The number of carboxylic acids is 1. The summed E-state index contributed by atoms with van der Waals surface area (Å²) in [7, 11) is -3.88. The summed E-state index contributed by atoms with van der Waals surface area (Å²) in [6, 6.07) is -0.999. The van der Waals surface area contributed by atoms with Crippen LogP contribution in [0, 0.1) is 5.82 Å². The van der Waals surface area contributed by atoms with Gasteiger partial charge in [0.15, 0.2) is 10.8 Å². The maximum Gasteiger partial charge on any atom is 0.363 e. The minimum atomic E-state index is -5.05. The zero-order chi connectivity index (χ0) is 36.2. The Bertz CT molecular complexity index is 2160. The van der Waals surface area contributed by atoms with Crippen LogP contribution in [0.3, 0.4) is 0 Å². The van der Waals surface area contributed by atoms with Crippen LogP contribution in [-0.4, -0.2) is 97.4 Å². The van der Waals surface area contributed by atoms with Crippen LogP contribution < -0.4 is 26.7 Å². The third-order valence-corrected chi connectivity index (χ3v) is 11.6. The van der Waals surface area contributed by atoms with Gasteiger partial charge in [0.25, 0.3) is 11.8 Å². The summed E-state index contributed by atoms with van der Waals surface area (Å²) in [5.74, 6) is -4.33. The van der Waals surface area contributed by atoms with Crippen LogP contribution in [0.15, 0.2) is 27.6 Å². The smallest absolute Gasteiger partial charge is 0.363 e. The molecule has 1 aliphatic carbocycles. The van der Waals surface area contributed by atoms with E-state index in [0.717, 1.165) is 30.2 Å². The number of anilines is 2. The predicted octanol–water partition coefficient (Wildman–Crippen LogP) is 1.56. The second-order valence-electron chi connectivity index (χ2n) is 11.4. The molecular weight excluding hydrogens is 763 g/mol. The highest BCUT2D eigenvalue weighted by Gasteiger charge is 2.55. The molecule has 23 heteroatoms. The Morgan fingerprint density at radius 3 is 2.60 bits per heavy atom. The van der Waals surface area contributed by atoms with E-state index in [-0.39, 0.29) is 65.9 Å². The van der Waals surface area contributed by atoms with Gasteiger partial charge in [0, 0.05) is 36.8 Å². The van der Waals surface area contributed by atoms with Gasteiger partial charge in [-0.05, 0) is 25.3 Å². The number of aromatic nitrogens is 2. The molecule has 2 aliphatic heterocycles. The number of thiocarbonyl (C=S) groups is 1. The number of thiazole rings is 1. The number of amides is 2.